The SMILES string of the molecule is Cc1ccccc1N(C)C(=O)c1ccc(I)cc1. The number of hydrogen-bond acceptors (Lipinski definition) is 1. The van der Waals surface area contributed by atoms with Crippen molar-refractivity contribution in [1.29, 1.82) is 0 Å². The van der Waals surface area contributed by atoms with Gasteiger partial charge in [-0.15, -0.1) is 0 Å². The van der Waals surface area contributed by atoms with Crippen LogP contribution in [0.5, 0.6) is 0 Å². The fraction of sp³-hybridized carbons (Fsp3) is 0.133. The molecule has 0 N–H and O–H groups in total. The van der Waals surface area contributed by atoms with Gasteiger partial charge in [0.15, 0.2) is 0 Å². The number of amides is 1. The van der Waals surface area contributed by atoms with E-state index in [1.54, 1.807) is 4.90 Å². The molecule has 0 aliphatic carbocycles. The Morgan fingerprint density at radius 3 is 2.28 bits per heavy atom. The molecule has 0 heterocycles. The standard InChI is InChI=1S/C15H14INO/c1-11-5-3-4-6-14(11)17(2)15(18)12-7-9-13(16)10-8-12/h3-10H,1-2H3. The van der Waals surface area contributed by atoms with Gasteiger partial charge in [-0.3, -0.25) is 4.79 Å². The summed E-state index contributed by atoms with van der Waals surface area (Å²) >= 11 is 2.23. The third-order valence-electron chi connectivity index (χ3n) is 2.87. The lowest BCUT2D eigenvalue weighted by atomic mass is 10.1. The number of hydrogen-bond donors (Lipinski definition) is 0. The molecule has 0 bridgehead atoms. The number of para-hydroxylation sites is 1. The van der Waals surface area contributed by atoms with Crippen molar-refractivity contribution in [3.63, 3.8) is 0 Å². The monoisotopic (exact) mass is 351 g/mol. The van der Waals surface area contributed by atoms with Gasteiger partial charge in [-0.25, -0.2) is 0 Å². The average molecular weight is 351 g/mol. The largest absolute Gasteiger partial charge is 0.311 e. The van der Waals surface area contributed by atoms with Gasteiger partial charge in [0, 0.05) is 21.9 Å². The second-order valence-electron chi connectivity index (χ2n) is 4.16. The summed E-state index contributed by atoms with van der Waals surface area (Å²) < 4.78 is 1.13. The van der Waals surface area contributed by atoms with Crippen LogP contribution in [0.4, 0.5) is 5.69 Å². The molecule has 0 aliphatic heterocycles. The Bertz CT molecular complexity index is 563. The molecule has 2 aromatic rings. The molecular formula is C15H14INO. The molecule has 0 radical (unpaired) electrons. The van der Waals surface area contributed by atoms with E-state index < -0.39 is 0 Å². The van der Waals surface area contributed by atoms with Crippen molar-refractivity contribution >= 4 is 34.2 Å². The normalized spacial score (nSPS) is 10.2. The molecule has 0 aromatic heterocycles. The quantitative estimate of drug-likeness (QED) is 0.752. The second-order valence-corrected chi connectivity index (χ2v) is 5.40. The van der Waals surface area contributed by atoms with E-state index in [0.717, 1.165) is 14.8 Å². The van der Waals surface area contributed by atoms with Crippen molar-refractivity contribution in [2.75, 3.05) is 11.9 Å². The molecule has 0 unspecified atom stereocenters. The van der Waals surface area contributed by atoms with Gasteiger partial charge < -0.3 is 4.90 Å². The maximum Gasteiger partial charge on any atom is 0.258 e. The van der Waals surface area contributed by atoms with E-state index in [9.17, 15) is 4.79 Å². The van der Waals surface area contributed by atoms with Crippen LogP contribution in [0.25, 0.3) is 0 Å². The molecule has 2 rings (SSSR count). The van der Waals surface area contributed by atoms with Crippen LogP contribution in [0, 0.1) is 10.5 Å². The van der Waals surface area contributed by atoms with Crippen molar-refractivity contribution in [1.82, 2.24) is 0 Å². The maximum absolute atomic E-state index is 12.3. The molecule has 0 saturated heterocycles. The van der Waals surface area contributed by atoms with Gasteiger partial charge in [-0.2, -0.15) is 0 Å². The summed E-state index contributed by atoms with van der Waals surface area (Å²) in [6.45, 7) is 2.01. The highest BCUT2D eigenvalue weighted by atomic mass is 127. The number of benzene rings is 2. The predicted octanol–water partition coefficient (Wildman–Crippen LogP) is 3.88. The number of carbonyl (C=O) groups is 1. The fourth-order valence-electron chi connectivity index (χ4n) is 1.84. The first-order chi connectivity index (χ1) is 8.59. The molecule has 3 heteroatoms. The zero-order valence-electron chi connectivity index (χ0n) is 10.4. The summed E-state index contributed by atoms with van der Waals surface area (Å²) in [5, 5.41) is 0. The molecule has 2 nitrogen and oxygen atoms in total. The minimum Gasteiger partial charge on any atom is -0.311 e. The summed E-state index contributed by atoms with van der Waals surface area (Å²) in [5.41, 5.74) is 2.75. The molecule has 0 atom stereocenters. The van der Waals surface area contributed by atoms with Crippen molar-refractivity contribution in [2.45, 2.75) is 6.92 Å². The Hall–Kier alpha value is -1.36. The van der Waals surface area contributed by atoms with Crippen LogP contribution in [0.3, 0.4) is 0 Å². The van der Waals surface area contributed by atoms with E-state index in [2.05, 4.69) is 22.6 Å². The van der Waals surface area contributed by atoms with E-state index in [4.69, 9.17) is 0 Å². The predicted molar refractivity (Wildman–Crippen MR) is 83.1 cm³/mol. The van der Waals surface area contributed by atoms with Crippen molar-refractivity contribution in [2.24, 2.45) is 0 Å². The van der Waals surface area contributed by atoms with E-state index in [1.165, 1.54) is 0 Å². The second kappa shape index (κ2) is 5.52. The summed E-state index contributed by atoms with van der Waals surface area (Å²) in [7, 11) is 1.81. The minimum atomic E-state index is 0.0145. The molecule has 0 saturated carbocycles. The zero-order valence-corrected chi connectivity index (χ0v) is 12.5. The highest BCUT2D eigenvalue weighted by Crippen LogP contribution is 2.20. The van der Waals surface area contributed by atoms with Gasteiger partial charge in [0.05, 0.1) is 0 Å². The lowest BCUT2D eigenvalue weighted by molar-refractivity contribution is 0.0993. The summed E-state index contributed by atoms with van der Waals surface area (Å²) in [6, 6.07) is 15.5. The summed E-state index contributed by atoms with van der Waals surface area (Å²) in [4.78, 5) is 14.0. The van der Waals surface area contributed by atoms with Crippen LogP contribution in [0.15, 0.2) is 48.5 Å². The Morgan fingerprint density at radius 2 is 1.67 bits per heavy atom. The average Bonchev–Trinajstić information content (AvgIpc) is 2.38. The third-order valence-corrected chi connectivity index (χ3v) is 3.59. The number of rotatable bonds is 2. The van der Waals surface area contributed by atoms with Gasteiger partial charge in [0.1, 0.15) is 0 Å². The van der Waals surface area contributed by atoms with Gasteiger partial charge in [-0.1, -0.05) is 18.2 Å². The molecule has 0 fully saturated rings. The molecule has 92 valence electrons. The Morgan fingerprint density at radius 1 is 1.06 bits per heavy atom. The van der Waals surface area contributed by atoms with E-state index >= 15 is 0 Å². The van der Waals surface area contributed by atoms with Gasteiger partial charge in [0.2, 0.25) is 0 Å². The number of nitrogens with zero attached hydrogens (tertiary/aromatic N) is 1. The highest BCUT2D eigenvalue weighted by Gasteiger charge is 2.14. The van der Waals surface area contributed by atoms with Crippen molar-refractivity contribution in [3.8, 4) is 0 Å². The summed E-state index contributed by atoms with van der Waals surface area (Å²) in [6.07, 6.45) is 0. The number of aryl methyl sites for hydroxylation is 1. The van der Waals surface area contributed by atoms with Gasteiger partial charge in [-0.05, 0) is 65.4 Å². The Labute approximate surface area is 121 Å². The smallest absolute Gasteiger partial charge is 0.258 e. The molecule has 2 aromatic carbocycles. The zero-order chi connectivity index (χ0) is 13.1. The van der Waals surface area contributed by atoms with Gasteiger partial charge in [0.25, 0.3) is 5.91 Å². The first-order valence-corrected chi connectivity index (χ1v) is 6.77. The molecule has 1 amide bonds. The topological polar surface area (TPSA) is 20.3 Å². The van der Waals surface area contributed by atoms with Crippen molar-refractivity contribution < 1.29 is 4.79 Å². The van der Waals surface area contributed by atoms with Gasteiger partial charge >= 0.3 is 0 Å². The fourth-order valence-corrected chi connectivity index (χ4v) is 2.19. The number of carbonyl (C=O) groups excluding carboxylic acids is 1. The van der Waals surface area contributed by atoms with Crippen LogP contribution in [-0.4, -0.2) is 13.0 Å². The minimum absolute atomic E-state index is 0.0145. The first-order valence-electron chi connectivity index (χ1n) is 5.69. The summed E-state index contributed by atoms with van der Waals surface area (Å²) in [5.74, 6) is 0.0145. The number of halogens is 1. The Kier molecular flexibility index (Phi) is 4.01. The van der Waals surface area contributed by atoms with Crippen molar-refractivity contribution in [3.05, 3.63) is 63.2 Å². The van der Waals surface area contributed by atoms with Crippen LogP contribution >= 0.6 is 22.6 Å². The molecule has 0 spiro atoms. The van der Waals surface area contributed by atoms with E-state index in [-0.39, 0.29) is 5.91 Å². The lowest BCUT2D eigenvalue weighted by Crippen LogP contribution is -2.26. The lowest BCUT2D eigenvalue weighted by Gasteiger charge is -2.19. The van der Waals surface area contributed by atoms with Crippen LogP contribution in [-0.2, 0) is 0 Å². The van der Waals surface area contributed by atoms with Crippen LogP contribution in [0.1, 0.15) is 15.9 Å². The maximum atomic E-state index is 12.3. The third kappa shape index (κ3) is 2.72. The van der Waals surface area contributed by atoms with E-state index in [0.29, 0.717) is 5.56 Å². The molecular weight excluding hydrogens is 337 g/mol. The molecule has 18 heavy (non-hydrogen) atoms. The van der Waals surface area contributed by atoms with E-state index in [1.807, 2.05) is 62.5 Å². The molecule has 0 aliphatic rings. The van der Waals surface area contributed by atoms with Crippen LogP contribution in [0.2, 0.25) is 0 Å². The first kappa shape index (κ1) is 13.1. The number of anilines is 1. The highest BCUT2D eigenvalue weighted by molar-refractivity contribution is 14.1. The van der Waals surface area contributed by atoms with Crippen LogP contribution < -0.4 is 4.90 Å². The Balaban J connectivity index is 2.29.